The molecule has 2 heteroatoms. The maximum atomic E-state index is 10.2. The van der Waals surface area contributed by atoms with Gasteiger partial charge in [0.05, 0.1) is 6.10 Å². The van der Waals surface area contributed by atoms with Crippen LogP contribution in [0, 0.1) is 12.8 Å². The second-order valence-corrected chi connectivity index (χ2v) is 4.47. The van der Waals surface area contributed by atoms with E-state index in [0.29, 0.717) is 5.92 Å². The number of hydrogen-bond acceptors (Lipinski definition) is 2. The van der Waals surface area contributed by atoms with Crippen LogP contribution in [0.15, 0.2) is 24.3 Å². The molecule has 1 saturated heterocycles. The summed E-state index contributed by atoms with van der Waals surface area (Å²) in [6.07, 6.45) is 1.99. The van der Waals surface area contributed by atoms with Crippen LogP contribution in [-0.2, 0) is 0 Å². The van der Waals surface area contributed by atoms with Gasteiger partial charge in [-0.1, -0.05) is 29.8 Å². The second-order valence-electron chi connectivity index (χ2n) is 4.47. The lowest BCUT2D eigenvalue weighted by molar-refractivity contribution is 0.0921. The number of nitrogens with one attached hydrogen (secondary N) is 1. The van der Waals surface area contributed by atoms with Gasteiger partial charge in [-0.25, -0.2) is 0 Å². The van der Waals surface area contributed by atoms with Crippen LogP contribution in [0.1, 0.15) is 30.1 Å². The molecule has 1 aromatic carbocycles. The third kappa shape index (κ3) is 2.58. The zero-order valence-corrected chi connectivity index (χ0v) is 9.24. The SMILES string of the molecule is Cc1cccc([C@@H](O)C2CCCNC2)c1. The van der Waals surface area contributed by atoms with Crippen molar-refractivity contribution in [3.63, 3.8) is 0 Å². The molecular weight excluding hydrogens is 186 g/mol. The molecule has 2 nitrogen and oxygen atoms in total. The molecule has 0 aromatic heterocycles. The molecule has 1 heterocycles. The summed E-state index contributed by atoms with van der Waals surface area (Å²) in [5.41, 5.74) is 2.28. The maximum absolute atomic E-state index is 10.2. The van der Waals surface area contributed by atoms with Crippen molar-refractivity contribution in [3.05, 3.63) is 35.4 Å². The van der Waals surface area contributed by atoms with Gasteiger partial charge >= 0.3 is 0 Å². The molecule has 2 atom stereocenters. The van der Waals surface area contributed by atoms with Crippen molar-refractivity contribution in [3.8, 4) is 0 Å². The first-order chi connectivity index (χ1) is 7.27. The summed E-state index contributed by atoms with van der Waals surface area (Å²) in [5, 5.41) is 13.6. The molecule has 0 radical (unpaired) electrons. The first kappa shape index (κ1) is 10.7. The van der Waals surface area contributed by atoms with Gasteiger partial charge in [-0.05, 0) is 31.9 Å². The highest BCUT2D eigenvalue weighted by Crippen LogP contribution is 2.27. The fraction of sp³-hybridized carbons (Fsp3) is 0.538. The Hall–Kier alpha value is -0.860. The van der Waals surface area contributed by atoms with E-state index in [1.165, 1.54) is 12.0 Å². The van der Waals surface area contributed by atoms with Crippen molar-refractivity contribution in [2.45, 2.75) is 25.9 Å². The van der Waals surface area contributed by atoms with E-state index >= 15 is 0 Å². The van der Waals surface area contributed by atoms with Crippen molar-refractivity contribution < 1.29 is 5.11 Å². The lowest BCUT2D eigenvalue weighted by Gasteiger charge is -2.27. The van der Waals surface area contributed by atoms with Gasteiger partial charge in [-0.15, -0.1) is 0 Å². The number of aliphatic hydroxyl groups is 1. The van der Waals surface area contributed by atoms with Gasteiger partial charge in [-0.3, -0.25) is 0 Å². The van der Waals surface area contributed by atoms with Gasteiger partial charge in [0.2, 0.25) is 0 Å². The Morgan fingerprint density at radius 2 is 2.33 bits per heavy atom. The number of aliphatic hydroxyl groups excluding tert-OH is 1. The van der Waals surface area contributed by atoms with Crippen LogP contribution < -0.4 is 5.32 Å². The Balaban J connectivity index is 2.08. The van der Waals surface area contributed by atoms with Crippen molar-refractivity contribution in [2.24, 2.45) is 5.92 Å². The highest BCUT2D eigenvalue weighted by molar-refractivity contribution is 5.24. The second kappa shape index (κ2) is 4.77. The van der Waals surface area contributed by atoms with Crippen LogP contribution in [0.25, 0.3) is 0 Å². The summed E-state index contributed by atoms with van der Waals surface area (Å²) in [4.78, 5) is 0. The number of hydrogen-bond donors (Lipinski definition) is 2. The van der Waals surface area contributed by atoms with Gasteiger partial charge in [0.15, 0.2) is 0 Å². The molecule has 1 aromatic rings. The van der Waals surface area contributed by atoms with Crippen LogP contribution in [0.5, 0.6) is 0 Å². The summed E-state index contributed by atoms with van der Waals surface area (Å²) in [7, 11) is 0. The summed E-state index contributed by atoms with van der Waals surface area (Å²) < 4.78 is 0. The van der Waals surface area contributed by atoms with E-state index in [0.717, 1.165) is 25.1 Å². The lowest BCUT2D eigenvalue weighted by atomic mass is 9.89. The minimum absolute atomic E-state index is 0.308. The molecule has 0 bridgehead atoms. The first-order valence-electron chi connectivity index (χ1n) is 5.73. The van der Waals surface area contributed by atoms with Crippen molar-refractivity contribution in [2.75, 3.05) is 13.1 Å². The summed E-state index contributed by atoms with van der Waals surface area (Å²) in [6, 6.07) is 8.19. The van der Waals surface area contributed by atoms with Gasteiger partial charge in [-0.2, -0.15) is 0 Å². The number of piperidine rings is 1. The van der Waals surface area contributed by atoms with E-state index in [1.807, 2.05) is 12.1 Å². The van der Waals surface area contributed by atoms with Crippen molar-refractivity contribution >= 4 is 0 Å². The molecule has 0 saturated carbocycles. The molecule has 0 spiro atoms. The molecule has 1 aliphatic rings. The molecule has 1 aliphatic heterocycles. The smallest absolute Gasteiger partial charge is 0.0830 e. The average molecular weight is 205 g/mol. The zero-order valence-electron chi connectivity index (χ0n) is 9.24. The topological polar surface area (TPSA) is 32.3 Å². The molecule has 0 aliphatic carbocycles. The van der Waals surface area contributed by atoms with E-state index in [4.69, 9.17) is 0 Å². The Morgan fingerprint density at radius 1 is 1.47 bits per heavy atom. The molecule has 1 fully saturated rings. The third-order valence-electron chi connectivity index (χ3n) is 3.17. The van der Waals surface area contributed by atoms with Gasteiger partial charge in [0.1, 0.15) is 0 Å². The van der Waals surface area contributed by atoms with Gasteiger partial charge in [0.25, 0.3) is 0 Å². The molecule has 15 heavy (non-hydrogen) atoms. The highest BCUT2D eigenvalue weighted by atomic mass is 16.3. The fourth-order valence-electron chi connectivity index (χ4n) is 2.27. The van der Waals surface area contributed by atoms with Gasteiger partial charge < -0.3 is 10.4 Å². The number of aryl methyl sites for hydroxylation is 1. The Kier molecular flexibility index (Phi) is 3.39. The standard InChI is InChI=1S/C13H19NO/c1-10-4-2-5-11(8-10)13(15)12-6-3-7-14-9-12/h2,4-5,8,12-15H,3,6-7,9H2,1H3/t12?,13-/m1/s1. The number of benzene rings is 1. The molecule has 82 valence electrons. The zero-order chi connectivity index (χ0) is 10.7. The Bertz CT molecular complexity index is 318. The molecule has 2 N–H and O–H groups in total. The van der Waals surface area contributed by atoms with E-state index in [-0.39, 0.29) is 6.10 Å². The monoisotopic (exact) mass is 205 g/mol. The van der Waals surface area contributed by atoms with E-state index in [1.54, 1.807) is 0 Å². The fourth-order valence-corrected chi connectivity index (χ4v) is 2.27. The summed E-state index contributed by atoms with van der Waals surface area (Å²) in [6.45, 7) is 4.10. The summed E-state index contributed by atoms with van der Waals surface area (Å²) >= 11 is 0. The maximum Gasteiger partial charge on any atom is 0.0830 e. The predicted molar refractivity (Wildman–Crippen MR) is 61.7 cm³/mol. The predicted octanol–water partition coefficient (Wildman–Crippen LogP) is 2.03. The van der Waals surface area contributed by atoms with Crippen LogP contribution >= 0.6 is 0 Å². The third-order valence-corrected chi connectivity index (χ3v) is 3.17. The van der Waals surface area contributed by atoms with Crippen LogP contribution in [0.2, 0.25) is 0 Å². The minimum atomic E-state index is -0.308. The molecule has 1 unspecified atom stereocenters. The van der Waals surface area contributed by atoms with Crippen LogP contribution in [-0.4, -0.2) is 18.2 Å². The van der Waals surface area contributed by atoms with Crippen molar-refractivity contribution in [1.29, 1.82) is 0 Å². The summed E-state index contributed by atoms with van der Waals surface area (Å²) in [5.74, 6) is 0.376. The van der Waals surface area contributed by atoms with Crippen LogP contribution in [0.3, 0.4) is 0 Å². The van der Waals surface area contributed by atoms with E-state index in [2.05, 4.69) is 24.4 Å². The van der Waals surface area contributed by atoms with Crippen molar-refractivity contribution in [1.82, 2.24) is 5.32 Å². The first-order valence-corrected chi connectivity index (χ1v) is 5.73. The lowest BCUT2D eigenvalue weighted by Crippen LogP contribution is -2.33. The molecule has 2 rings (SSSR count). The largest absolute Gasteiger partial charge is 0.388 e. The normalized spacial score (nSPS) is 23.7. The molecule has 0 amide bonds. The highest BCUT2D eigenvalue weighted by Gasteiger charge is 2.22. The Morgan fingerprint density at radius 3 is 3.00 bits per heavy atom. The molecular formula is C13H19NO. The van der Waals surface area contributed by atoms with E-state index < -0.39 is 0 Å². The minimum Gasteiger partial charge on any atom is -0.388 e. The quantitative estimate of drug-likeness (QED) is 0.774. The number of rotatable bonds is 2. The van der Waals surface area contributed by atoms with Gasteiger partial charge in [0, 0.05) is 12.5 Å². The average Bonchev–Trinajstić information content (AvgIpc) is 2.29. The van der Waals surface area contributed by atoms with Crippen LogP contribution in [0.4, 0.5) is 0 Å². The van der Waals surface area contributed by atoms with E-state index in [9.17, 15) is 5.11 Å². The Labute approximate surface area is 91.3 Å².